The van der Waals surface area contributed by atoms with Crippen molar-refractivity contribution in [3.63, 3.8) is 0 Å². The molecule has 0 saturated carbocycles. The molecule has 0 bridgehead atoms. The highest BCUT2D eigenvalue weighted by atomic mass is 16.5. The number of carbonyl (C=O) groups excluding carboxylic acids is 1. The van der Waals surface area contributed by atoms with Gasteiger partial charge in [-0.3, -0.25) is 4.79 Å². The molecule has 3 aromatic rings. The van der Waals surface area contributed by atoms with Crippen molar-refractivity contribution in [1.82, 2.24) is 5.01 Å². The van der Waals surface area contributed by atoms with Gasteiger partial charge in [-0.25, -0.2) is 5.01 Å². The third kappa shape index (κ3) is 3.54. The number of amides is 1. The maximum Gasteiger partial charge on any atom is 0.246 e. The van der Waals surface area contributed by atoms with Gasteiger partial charge in [0, 0.05) is 18.2 Å². The summed E-state index contributed by atoms with van der Waals surface area (Å²) in [5, 5.41) is 6.03. The van der Waals surface area contributed by atoms with Gasteiger partial charge in [-0.05, 0) is 41.3 Å². The lowest BCUT2D eigenvalue weighted by Crippen LogP contribution is -2.22. The molecular formula is C25H24N2O3. The van der Waals surface area contributed by atoms with Crippen molar-refractivity contribution in [1.29, 1.82) is 0 Å². The van der Waals surface area contributed by atoms with Gasteiger partial charge in [0.05, 0.1) is 26.4 Å². The van der Waals surface area contributed by atoms with Crippen molar-refractivity contribution >= 4 is 11.6 Å². The molecule has 152 valence electrons. The lowest BCUT2D eigenvalue weighted by Gasteiger charge is -2.15. The molecule has 1 aliphatic heterocycles. The van der Waals surface area contributed by atoms with Crippen molar-refractivity contribution < 1.29 is 14.3 Å². The molecule has 1 heterocycles. The smallest absolute Gasteiger partial charge is 0.246 e. The summed E-state index contributed by atoms with van der Waals surface area (Å²) in [4.78, 5) is 12.5. The van der Waals surface area contributed by atoms with E-state index in [-0.39, 0.29) is 12.3 Å². The Morgan fingerprint density at radius 2 is 1.50 bits per heavy atom. The fourth-order valence-corrected chi connectivity index (χ4v) is 3.74. The molecule has 3 aromatic carbocycles. The van der Waals surface area contributed by atoms with E-state index < -0.39 is 0 Å². The number of ether oxygens (including phenoxy) is 2. The average Bonchev–Trinajstić information content (AvgIpc) is 2.89. The number of carbonyl (C=O) groups is 1. The molecule has 1 aliphatic rings. The second kappa shape index (κ2) is 8.03. The topological polar surface area (TPSA) is 51.1 Å². The van der Waals surface area contributed by atoms with Crippen LogP contribution >= 0.6 is 0 Å². The molecule has 0 saturated heterocycles. The minimum absolute atomic E-state index is 0.0741. The Bertz CT molecular complexity index is 1130. The van der Waals surface area contributed by atoms with E-state index in [1.54, 1.807) is 21.3 Å². The second-order valence-electron chi connectivity index (χ2n) is 7.30. The summed E-state index contributed by atoms with van der Waals surface area (Å²) < 4.78 is 10.9. The summed E-state index contributed by atoms with van der Waals surface area (Å²) in [6.45, 7) is 2.11. The second-order valence-corrected chi connectivity index (χ2v) is 7.30. The summed E-state index contributed by atoms with van der Waals surface area (Å²) in [6, 6.07) is 20.3. The van der Waals surface area contributed by atoms with Crippen LogP contribution in [0.3, 0.4) is 0 Å². The van der Waals surface area contributed by atoms with Crippen LogP contribution in [-0.4, -0.2) is 37.9 Å². The first-order valence-corrected chi connectivity index (χ1v) is 9.78. The van der Waals surface area contributed by atoms with Gasteiger partial charge in [0.2, 0.25) is 5.91 Å². The summed E-state index contributed by atoms with van der Waals surface area (Å²) in [6.07, 6.45) is 0.250. The average molecular weight is 400 g/mol. The Balaban J connectivity index is 1.83. The number of rotatable bonds is 4. The van der Waals surface area contributed by atoms with Crippen LogP contribution < -0.4 is 9.47 Å². The number of nitrogens with zero attached hydrogens (tertiary/aromatic N) is 2. The van der Waals surface area contributed by atoms with Crippen molar-refractivity contribution in [3.8, 4) is 22.6 Å². The van der Waals surface area contributed by atoms with Crippen LogP contribution in [0.2, 0.25) is 0 Å². The van der Waals surface area contributed by atoms with Crippen molar-refractivity contribution in [3.05, 3.63) is 82.9 Å². The lowest BCUT2D eigenvalue weighted by atomic mass is 9.93. The largest absolute Gasteiger partial charge is 0.493 e. The molecule has 0 N–H and O–H groups in total. The molecular weight excluding hydrogens is 376 g/mol. The van der Waals surface area contributed by atoms with E-state index in [0.717, 1.165) is 28.0 Å². The highest BCUT2D eigenvalue weighted by molar-refractivity contribution is 6.15. The Morgan fingerprint density at radius 3 is 2.17 bits per heavy atom. The van der Waals surface area contributed by atoms with Crippen LogP contribution in [0.25, 0.3) is 11.1 Å². The SMILES string of the molecule is COc1cc2c(cc1OC)C(c1ccc(-c3ccccc3C)cc1)=NN(C)C(=O)C2. The third-order valence-corrected chi connectivity index (χ3v) is 5.43. The van der Waals surface area contributed by atoms with Gasteiger partial charge in [-0.1, -0.05) is 48.5 Å². The maximum absolute atomic E-state index is 12.5. The van der Waals surface area contributed by atoms with E-state index in [4.69, 9.17) is 9.47 Å². The zero-order valence-electron chi connectivity index (χ0n) is 17.6. The summed E-state index contributed by atoms with van der Waals surface area (Å²) >= 11 is 0. The minimum Gasteiger partial charge on any atom is -0.493 e. The predicted molar refractivity (Wildman–Crippen MR) is 118 cm³/mol. The molecule has 0 atom stereocenters. The fourth-order valence-electron chi connectivity index (χ4n) is 3.74. The highest BCUT2D eigenvalue weighted by Gasteiger charge is 2.24. The van der Waals surface area contributed by atoms with Gasteiger partial charge in [0.1, 0.15) is 0 Å². The van der Waals surface area contributed by atoms with Crippen LogP contribution in [0.15, 0.2) is 65.8 Å². The first-order valence-electron chi connectivity index (χ1n) is 9.78. The number of hydrogen-bond donors (Lipinski definition) is 0. The molecule has 4 rings (SSSR count). The number of hydrazone groups is 1. The predicted octanol–water partition coefficient (Wildman–Crippen LogP) is 4.45. The number of fused-ring (bicyclic) bond motifs is 1. The van der Waals surface area contributed by atoms with Crippen LogP contribution in [-0.2, 0) is 11.2 Å². The van der Waals surface area contributed by atoms with Crippen LogP contribution in [0.4, 0.5) is 0 Å². The molecule has 30 heavy (non-hydrogen) atoms. The first-order chi connectivity index (χ1) is 14.5. The van der Waals surface area contributed by atoms with Gasteiger partial charge in [-0.15, -0.1) is 0 Å². The Hall–Kier alpha value is -3.60. The number of aryl methyl sites for hydroxylation is 1. The van der Waals surface area contributed by atoms with Gasteiger partial charge < -0.3 is 9.47 Å². The zero-order chi connectivity index (χ0) is 21.3. The van der Waals surface area contributed by atoms with E-state index >= 15 is 0 Å². The van der Waals surface area contributed by atoms with E-state index in [1.165, 1.54) is 16.1 Å². The van der Waals surface area contributed by atoms with Gasteiger partial charge in [-0.2, -0.15) is 5.10 Å². The van der Waals surface area contributed by atoms with E-state index in [0.29, 0.717) is 11.5 Å². The Kier molecular flexibility index (Phi) is 5.27. The number of hydrogen-bond acceptors (Lipinski definition) is 4. The molecule has 0 spiro atoms. The van der Waals surface area contributed by atoms with Gasteiger partial charge in [0.15, 0.2) is 11.5 Å². The Morgan fingerprint density at radius 1 is 0.867 bits per heavy atom. The molecule has 0 aliphatic carbocycles. The third-order valence-electron chi connectivity index (χ3n) is 5.43. The van der Waals surface area contributed by atoms with Crippen LogP contribution in [0, 0.1) is 6.92 Å². The minimum atomic E-state index is -0.0741. The number of methoxy groups -OCH3 is 2. The lowest BCUT2D eigenvalue weighted by molar-refractivity contribution is -0.129. The van der Waals surface area contributed by atoms with Crippen molar-refractivity contribution in [2.45, 2.75) is 13.3 Å². The highest BCUT2D eigenvalue weighted by Crippen LogP contribution is 2.34. The summed E-state index contributed by atoms with van der Waals surface area (Å²) in [5.74, 6) is 1.13. The molecule has 0 aromatic heterocycles. The standard InChI is InChI=1S/C25H24N2O3/c1-16-7-5-6-8-20(16)17-9-11-18(12-10-17)25-21-15-23(30-4)22(29-3)13-19(21)14-24(28)27(2)26-25/h5-13,15H,14H2,1-4H3. The van der Waals surface area contributed by atoms with Crippen molar-refractivity contribution in [2.24, 2.45) is 5.10 Å². The summed E-state index contributed by atoms with van der Waals surface area (Å²) in [5.41, 5.74) is 6.97. The van der Waals surface area contributed by atoms with Gasteiger partial charge in [0.25, 0.3) is 0 Å². The summed E-state index contributed by atoms with van der Waals surface area (Å²) in [7, 11) is 4.88. The monoisotopic (exact) mass is 400 g/mol. The quantitative estimate of drug-likeness (QED) is 0.650. The van der Waals surface area contributed by atoms with E-state index in [9.17, 15) is 4.79 Å². The molecule has 0 unspecified atom stereocenters. The van der Waals surface area contributed by atoms with E-state index in [2.05, 4.69) is 36.3 Å². The number of likely N-dealkylation sites (N-methyl/N-ethyl adjacent to an activating group) is 1. The van der Waals surface area contributed by atoms with Crippen LogP contribution in [0.5, 0.6) is 11.5 Å². The molecule has 1 amide bonds. The first kappa shape index (κ1) is 19.7. The van der Waals surface area contributed by atoms with E-state index in [1.807, 2.05) is 36.4 Å². The van der Waals surface area contributed by atoms with Crippen LogP contribution in [0.1, 0.15) is 22.3 Å². The number of benzene rings is 3. The molecule has 0 fully saturated rings. The molecule has 5 nitrogen and oxygen atoms in total. The zero-order valence-corrected chi connectivity index (χ0v) is 17.6. The van der Waals surface area contributed by atoms with Gasteiger partial charge >= 0.3 is 0 Å². The molecule has 5 heteroatoms. The maximum atomic E-state index is 12.5. The van der Waals surface area contributed by atoms with Crippen molar-refractivity contribution in [2.75, 3.05) is 21.3 Å². The normalized spacial score (nSPS) is 13.4. The fraction of sp³-hybridized carbons (Fsp3) is 0.200. The Labute approximate surface area is 176 Å². The molecule has 0 radical (unpaired) electrons.